The third kappa shape index (κ3) is 6.77. The van der Waals surface area contributed by atoms with Gasteiger partial charge in [-0.3, -0.25) is 4.79 Å². The number of methoxy groups -OCH3 is 1. The van der Waals surface area contributed by atoms with Gasteiger partial charge in [-0.15, -0.1) is 11.3 Å². The van der Waals surface area contributed by atoms with Gasteiger partial charge in [0.2, 0.25) is 0 Å². The van der Waals surface area contributed by atoms with E-state index in [-0.39, 0.29) is 5.91 Å². The van der Waals surface area contributed by atoms with Crippen molar-refractivity contribution in [3.05, 3.63) is 130 Å². The van der Waals surface area contributed by atoms with E-state index in [9.17, 15) is 4.79 Å². The molecule has 0 N–H and O–H groups in total. The van der Waals surface area contributed by atoms with Crippen molar-refractivity contribution in [1.29, 1.82) is 5.26 Å². The first-order valence-electron chi connectivity index (χ1n) is 14.6. The molecule has 9 heteroatoms. The summed E-state index contributed by atoms with van der Waals surface area (Å²) in [4.78, 5) is 24.7. The van der Waals surface area contributed by atoms with Crippen molar-refractivity contribution in [1.82, 2.24) is 14.5 Å². The number of hydrogen-bond donors (Lipinski definition) is 0. The van der Waals surface area contributed by atoms with E-state index in [2.05, 4.69) is 61.8 Å². The predicted octanol–water partition coefficient (Wildman–Crippen LogP) is 6.04. The first-order chi connectivity index (χ1) is 21.6. The SMILES string of the molecule is COc1cccc(CN(Cc2cncn2Cc2ccc(C#N)cc2)c2ccc(N3CCN(C(=O)c4cccs4)CC3)cc2)c1. The highest BCUT2D eigenvalue weighted by Gasteiger charge is 2.23. The van der Waals surface area contributed by atoms with Crippen LogP contribution in [0.4, 0.5) is 11.4 Å². The van der Waals surface area contributed by atoms with Crippen LogP contribution >= 0.6 is 11.3 Å². The summed E-state index contributed by atoms with van der Waals surface area (Å²) in [6.07, 6.45) is 3.79. The molecule has 1 aliphatic heterocycles. The van der Waals surface area contributed by atoms with Crippen molar-refractivity contribution in [2.75, 3.05) is 43.1 Å². The molecule has 6 rings (SSSR count). The van der Waals surface area contributed by atoms with Gasteiger partial charge in [-0.1, -0.05) is 30.3 Å². The van der Waals surface area contributed by atoms with Crippen LogP contribution in [0.15, 0.2) is 103 Å². The van der Waals surface area contributed by atoms with E-state index in [0.717, 1.165) is 51.9 Å². The van der Waals surface area contributed by atoms with Gasteiger partial charge in [0.05, 0.1) is 42.2 Å². The Bertz CT molecular complexity index is 1720. The second-order valence-electron chi connectivity index (χ2n) is 10.8. The summed E-state index contributed by atoms with van der Waals surface area (Å²) >= 11 is 1.50. The van der Waals surface area contributed by atoms with Crippen LogP contribution in [0.5, 0.6) is 5.75 Å². The minimum Gasteiger partial charge on any atom is -0.497 e. The van der Waals surface area contributed by atoms with Crippen molar-refractivity contribution < 1.29 is 9.53 Å². The largest absolute Gasteiger partial charge is 0.497 e. The van der Waals surface area contributed by atoms with Gasteiger partial charge in [-0.25, -0.2) is 4.98 Å². The average Bonchev–Trinajstić information content (AvgIpc) is 3.78. The molecule has 44 heavy (non-hydrogen) atoms. The van der Waals surface area contributed by atoms with Gasteiger partial charge in [-0.05, 0) is 71.1 Å². The van der Waals surface area contributed by atoms with Crippen molar-refractivity contribution in [2.24, 2.45) is 0 Å². The van der Waals surface area contributed by atoms with Gasteiger partial charge in [-0.2, -0.15) is 5.26 Å². The van der Waals surface area contributed by atoms with Gasteiger partial charge in [0, 0.05) is 56.8 Å². The highest BCUT2D eigenvalue weighted by Crippen LogP contribution is 2.26. The number of benzene rings is 3. The minimum absolute atomic E-state index is 0.126. The van der Waals surface area contributed by atoms with Crippen LogP contribution in [0.2, 0.25) is 0 Å². The number of imidazole rings is 1. The summed E-state index contributed by atoms with van der Waals surface area (Å²) in [7, 11) is 1.69. The molecule has 0 aliphatic carbocycles. The number of aromatic nitrogens is 2. The molecule has 0 radical (unpaired) electrons. The van der Waals surface area contributed by atoms with Crippen LogP contribution in [0.3, 0.4) is 0 Å². The molecule has 0 bridgehead atoms. The zero-order chi connectivity index (χ0) is 30.3. The smallest absolute Gasteiger partial charge is 0.264 e. The van der Waals surface area contributed by atoms with Crippen LogP contribution < -0.4 is 14.5 Å². The average molecular weight is 603 g/mol. The van der Waals surface area contributed by atoms with E-state index < -0.39 is 0 Å². The second kappa shape index (κ2) is 13.5. The number of nitrogens with zero attached hydrogens (tertiary/aromatic N) is 6. The standard InChI is InChI=1S/C35H34N6O2S/c1-43-33-5-2-4-29(20-33)24-40(25-32-22-37-26-41(32)23-28-9-7-27(21-36)8-10-28)31-13-11-30(12-14-31)38-15-17-39(18-16-38)35(42)34-6-3-19-44-34/h2-14,19-20,22,26H,15-18,23-25H2,1H3. The minimum atomic E-state index is 0.126. The normalized spacial score (nSPS) is 13.0. The summed E-state index contributed by atoms with van der Waals surface area (Å²) in [5.74, 6) is 0.960. The maximum atomic E-state index is 12.8. The molecule has 0 unspecified atom stereocenters. The number of hydrogen-bond acceptors (Lipinski definition) is 7. The number of carbonyl (C=O) groups excluding carboxylic acids is 1. The van der Waals surface area contributed by atoms with Gasteiger partial charge in [0.25, 0.3) is 5.91 Å². The first kappa shape index (κ1) is 29.0. The van der Waals surface area contributed by atoms with Gasteiger partial charge in [0.15, 0.2) is 0 Å². The van der Waals surface area contributed by atoms with Crippen molar-refractivity contribution in [3.8, 4) is 11.8 Å². The maximum Gasteiger partial charge on any atom is 0.264 e. The molecule has 2 aromatic heterocycles. The lowest BCUT2D eigenvalue weighted by Crippen LogP contribution is -2.48. The number of amides is 1. The third-order valence-electron chi connectivity index (χ3n) is 7.97. The molecular formula is C35H34N6O2S. The highest BCUT2D eigenvalue weighted by atomic mass is 32.1. The number of piperazine rings is 1. The lowest BCUT2D eigenvalue weighted by atomic mass is 10.1. The Labute approximate surface area is 262 Å². The highest BCUT2D eigenvalue weighted by molar-refractivity contribution is 7.12. The molecule has 1 amide bonds. The topological polar surface area (TPSA) is 77.6 Å². The van der Waals surface area contributed by atoms with Crippen LogP contribution in [0, 0.1) is 11.3 Å². The maximum absolute atomic E-state index is 12.8. The zero-order valence-electron chi connectivity index (χ0n) is 24.7. The fourth-order valence-electron chi connectivity index (χ4n) is 5.53. The summed E-state index contributed by atoms with van der Waals surface area (Å²) in [6.45, 7) is 5.07. The quantitative estimate of drug-likeness (QED) is 0.194. The molecule has 1 aliphatic rings. The molecule has 1 fully saturated rings. The number of rotatable bonds is 10. The molecule has 0 atom stereocenters. The van der Waals surface area contributed by atoms with Crippen LogP contribution in [0.25, 0.3) is 0 Å². The number of ether oxygens (including phenoxy) is 1. The molecule has 3 heterocycles. The Kier molecular flexibility index (Phi) is 8.90. The number of nitriles is 1. The molecule has 5 aromatic rings. The fraction of sp³-hybridized carbons (Fsp3) is 0.229. The van der Waals surface area contributed by atoms with Crippen molar-refractivity contribution >= 4 is 28.6 Å². The number of carbonyl (C=O) groups is 1. The Morgan fingerprint density at radius 1 is 0.955 bits per heavy atom. The lowest BCUT2D eigenvalue weighted by Gasteiger charge is -2.36. The van der Waals surface area contributed by atoms with E-state index >= 15 is 0 Å². The predicted molar refractivity (Wildman–Crippen MR) is 174 cm³/mol. The van der Waals surface area contributed by atoms with Crippen molar-refractivity contribution in [3.63, 3.8) is 0 Å². The van der Waals surface area contributed by atoms with Gasteiger partial charge >= 0.3 is 0 Å². The van der Waals surface area contributed by atoms with Crippen LogP contribution in [-0.2, 0) is 19.6 Å². The Morgan fingerprint density at radius 2 is 1.75 bits per heavy atom. The molecule has 8 nitrogen and oxygen atoms in total. The van der Waals surface area contributed by atoms with E-state index in [1.807, 2.05) is 71.3 Å². The van der Waals surface area contributed by atoms with Gasteiger partial charge < -0.3 is 24.0 Å². The molecule has 222 valence electrons. The van der Waals surface area contributed by atoms with Crippen LogP contribution in [-0.4, -0.2) is 53.6 Å². The first-order valence-corrected chi connectivity index (χ1v) is 15.5. The fourth-order valence-corrected chi connectivity index (χ4v) is 6.22. The summed E-state index contributed by atoms with van der Waals surface area (Å²) in [5, 5.41) is 11.1. The summed E-state index contributed by atoms with van der Waals surface area (Å²) in [5.41, 5.74) is 6.27. The van der Waals surface area contributed by atoms with E-state index in [1.54, 1.807) is 7.11 Å². The lowest BCUT2D eigenvalue weighted by molar-refractivity contribution is 0.0751. The monoisotopic (exact) mass is 602 g/mol. The molecule has 1 saturated heterocycles. The second-order valence-corrected chi connectivity index (χ2v) is 11.7. The summed E-state index contributed by atoms with van der Waals surface area (Å²) < 4.78 is 7.65. The Morgan fingerprint density at radius 3 is 2.45 bits per heavy atom. The Hall–Kier alpha value is -5.07. The van der Waals surface area contributed by atoms with E-state index in [0.29, 0.717) is 38.3 Å². The Balaban J connectivity index is 1.18. The summed E-state index contributed by atoms with van der Waals surface area (Å²) in [6, 6.07) is 30.6. The van der Waals surface area contributed by atoms with E-state index in [1.165, 1.54) is 11.3 Å². The van der Waals surface area contributed by atoms with Crippen molar-refractivity contribution in [2.45, 2.75) is 19.6 Å². The molecular weight excluding hydrogens is 568 g/mol. The number of anilines is 2. The zero-order valence-corrected chi connectivity index (χ0v) is 25.5. The third-order valence-corrected chi connectivity index (χ3v) is 8.83. The van der Waals surface area contributed by atoms with Gasteiger partial charge in [0.1, 0.15) is 5.75 Å². The molecule has 3 aromatic carbocycles. The van der Waals surface area contributed by atoms with Crippen LogP contribution in [0.1, 0.15) is 32.1 Å². The van der Waals surface area contributed by atoms with E-state index in [4.69, 9.17) is 10.00 Å². The molecule has 0 saturated carbocycles. The molecule has 0 spiro atoms. The number of thiophene rings is 1.